The lowest BCUT2D eigenvalue weighted by molar-refractivity contribution is -0.138. The number of carbonyl (C=O) groups excluding carboxylic acids is 2. The largest absolute Gasteiger partial charge is 0.464 e. The number of hydrogen-bond acceptors (Lipinski definition) is 6. The summed E-state index contributed by atoms with van der Waals surface area (Å²) in [7, 11) is -4.40. The van der Waals surface area contributed by atoms with Crippen LogP contribution in [0.25, 0.3) is 0 Å². The molecule has 2 atom stereocenters. The van der Waals surface area contributed by atoms with Crippen LogP contribution < -0.4 is 5.32 Å². The average molecular weight is 517 g/mol. The monoisotopic (exact) mass is 516 g/mol. The van der Waals surface area contributed by atoms with Gasteiger partial charge in [0.25, 0.3) is 21.8 Å². The van der Waals surface area contributed by atoms with Gasteiger partial charge in [0.2, 0.25) is 12.0 Å². The summed E-state index contributed by atoms with van der Waals surface area (Å²) >= 11 is 0. The number of furan rings is 1. The molecule has 188 valence electrons. The maximum absolute atomic E-state index is 14.2. The minimum atomic E-state index is -4.40. The van der Waals surface area contributed by atoms with Crippen LogP contribution >= 0.6 is 0 Å². The summed E-state index contributed by atoms with van der Waals surface area (Å²) in [4.78, 5) is 27.3. The number of sulfonamides is 1. The first-order chi connectivity index (χ1) is 17.8. The van der Waals surface area contributed by atoms with Crippen LogP contribution in [0.2, 0.25) is 0 Å². The van der Waals surface area contributed by atoms with Crippen LogP contribution in [0, 0.1) is 6.92 Å². The smallest absolute Gasteiger partial charge is 0.292 e. The van der Waals surface area contributed by atoms with E-state index in [0.29, 0.717) is 15.4 Å². The molecule has 8 nitrogen and oxygen atoms in total. The van der Waals surface area contributed by atoms with Gasteiger partial charge < -0.3 is 14.5 Å². The summed E-state index contributed by atoms with van der Waals surface area (Å²) in [6.45, 7) is 1.83. The first-order valence-electron chi connectivity index (χ1n) is 11.6. The van der Waals surface area contributed by atoms with Crippen molar-refractivity contribution in [3.05, 3.63) is 126 Å². The van der Waals surface area contributed by atoms with Crippen LogP contribution in [0.4, 0.5) is 0 Å². The molecule has 3 aromatic carbocycles. The van der Waals surface area contributed by atoms with Crippen LogP contribution in [-0.4, -0.2) is 30.3 Å². The zero-order chi connectivity index (χ0) is 26.0. The van der Waals surface area contributed by atoms with Crippen molar-refractivity contribution in [2.75, 3.05) is 0 Å². The zero-order valence-electron chi connectivity index (χ0n) is 19.9. The summed E-state index contributed by atoms with van der Waals surface area (Å²) in [5, 5.41) is 2.70. The molecule has 0 aliphatic carbocycles. The predicted molar refractivity (Wildman–Crippen MR) is 135 cm³/mol. The second-order valence-corrected chi connectivity index (χ2v) is 10.5. The van der Waals surface area contributed by atoms with Crippen LogP contribution in [0.5, 0.6) is 0 Å². The summed E-state index contributed by atoms with van der Waals surface area (Å²) < 4.78 is 40.0. The third-order valence-corrected chi connectivity index (χ3v) is 7.83. The molecule has 2 unspecified atom stereocenters. The van der Waals surface area contributed by atoms with Gasteiger partial charge in [0.1, 0.15) is 0 Å². The molecule has 1 aromatic heterocycles. The highest BCUT2D eigenvalue weighted by atomic mass is 32.2. The quantitative estimate of drug-likeness (QED) is 0.395. The molecule has 2 amide bonds. The lowest BCUT2D eigenvalue weighted by atomic mass is 10.0. The number of hydrogen-bond donors (Lipinski definition) is 1. The Bertz CT molecular complexity index is 1500. The van der Waals surface area contributed by atoms with E-state index < -0.39 is 33.8 Å². The Balaban J connectivity index is 1.63. The van der Waals surface area contributed by atoms with Crippen LogP contribution in [0.1, 0.15) is 33.5 Å². The van der Waals surface area contributed by atoms with Gasteiger partial charge in [0.05, 0.1) is 11.2 Å². The van der Waals surface area contributed by atoms with E-state index in [1.165, 1.54) is 24.5 Å². The molecular weight excluding hydrogens is 492 g/mol. The molecule has 0 saturated carbocycles. The number of benzene rings is 3. The van der Waals surface area contributed by atoms with Crippen LogP contribution in [-0.2, 0) is 26.0 Å². The molecular formula is C28H24N2O6S. The highest BCUT2D eigenvalue weighted by molar-refractivity contribution is 7.89. The van der Waals surface area contributed by atoms with Crippen molar-refractivity contribution in [3.63, 3.8) is 0 Å². The number of ether oxygens (including phenoxy) is 1. The van der Waals surface area contributed by atoms with Gasteiger partial charge in [-0.05, 0) is 48.9 Å². The lowest BCUT2D eigenvalue weighted by Crippen LogP contribution is -2.57. The van der Waals surface area contributed by atoms with Crippen molar-refractivity contribution in [3.8, 4) is 0 Å². The van der Waals surface area contributed by atoms with E-state index in [2.05, 4.69) is 5.32 Å². The molecule has 1 aliphatic rings. The SMILES string of the molecule is Cc1ccc(S(=O)(=O)N2C(=O)C(Cc3ccccc3)(NC(=O)c3ccccc3)OC2c2ccco2)cc1. The highest BCUT2D eigenvalue weighted by Crippen LogP contribution is 2.42. The first-order valence-corrected chi connectivity index (χ1v) is 13.0. The molecule has 9 heteroatoms. The molecule has 4 aromatic rings. The molecule has 5 rings (SSSR count). The molecule has 1 saturated heterocycles. The molecule has 37 heavy (non-hydrogen) atoms. The molecule has 1 fully saturated rings. The molecule has 0 spiro atoms. The predicted octanol–water partition coefficient (Wildman–Crippen LogP) is 4.20. The van der Waals surface area contributed by atoms with Crippen molar-refractivity contribution in [1.82, 2.24) is 9.62 Å². The number of amides is 2. The zero-order valence-corrected chi connectivity index (χ0v) is 20.7. The third-order valence-electron chi connectivity index (χ3n) is 6.08. The van der Waals surface area contributed by atoms with Gasteiger partial charge in [-0.15, -0.1) is 0 Å². The van der Waals surface area contributed by atoms with Crippen molar-refractivity contribution in [2.24, 2.45) is 0 Å². The Labute approximate surface area is 214 Å². The van der Waals surface area contributed by atoms with E-state index in [-0.39, 0.29) is 17.1 Å². The van der Waals surface area contributed by atoms with Gasteiger partial charge in [-0.1, -0.05) is 66.2 Å². The summed E-state index contributed by atoms with van der Waals surface area (Å²) in [6, 6.07) is 26.5. The maximum atomic E-state index is 14.2. The minimum absolute atomic E-state index is 0.0866. The fraction of sp³-hybridized carbons (Fsp3) is 0.143. The highest BCUT2D eigenvalue weighted by Gasteiger charge is 2.59. The van der Waals surface area contributed by atoms with Gasteiger partial charge in [0, 0.05) is 12.0 Å². The Hall–Kier alpha value is -4.21. The fourth-order valence-electron chi connectivity index (χ4n) is 4.21. The van der Waals surface area contributed by atoms with E-state index >= 15 is 0 Å². The number of carbonyl (C=O) groups is 2. The van der Waals surface area contributed by atoms with Crippen molar-refractivity contribution in [2.45, 2.75) is 30.2 Å². The number of nitrogens with zero attached hydrogens (tertiary/aromatic N) is 1. The minimum Gasteiger partial charge on any atom is -0.464 e. The average Bonchev–Trinajstić information content (AvgIpc) is 3.53. The van der Waals surface area contributed by atoms with Crippen LogP contribution in [0.15, 0.2) is 113 Å². The molecule has 0 radical (unpaired) electrons. The first kappa shape index (κ1) is 24.5. The second-order valence-electron chi connectivity index (χ2n) is 8.71. The summed E-state index contributed by atoms with van der Waals surface area (Å²) in [5.74, 6) is -1.41. The third kappa shape index (κ3) is 4.66. The number of aryl methyl sites for hydroxylation is 1. The Morgan fingerprint density at radius 2 is 1.57 bits per heavy atom. The Morgan fingerprint density at radius 3 is 2.19 bits per heavy atom. The molecule has 0 bridgehead atoms. The van der Waals surface area contributed by atoms with E-state index in [1.807, 2.05) is 13.0 Å². The van der Waals surface area contributed by atoms with Crippen molar-refractivity contribution in [1.29, 1.82) is 0 Å². The van der Waals surface area contributed by atoms with Gasteiger partial charge >= 0.3 is 0 Å². The molecule has 1 aliphatic heterocycles. The number of rotatable bonds is 7. The number of nitrogens with one attached hydrogen (secondary N) is 1. The topological polar surface area (TPSA) is 106 Å². The van der Waals surface area contributed by atoms with Gasteiger partial charge in [-0.3, -0.25) is 9.59 Å². The Morgan fingerprint density at radius 1 is 0.919 bits per heavy atom. The lowest BCUT2D eigenvalue weighted by Gasteiger charge is -2.27. The maximum Gasteiger partial charge on any atom is 0.292 e. The normalized spacial score (nSPS) is 19.6. The van der Waals surface area contributed by atoms with Crippen molar-refractivity contribution < 1.29 is 27.2 Å². The molecule has 1 N–H and O–H groups in total. The van der Waals surface area contributed by atoms with E-state index in [4.69, 9.17) is 9.15 Å². The van der Waals surface area contributed by atoms with E-state index in [9.17, 15) is 18.0 Å². The van der Waals surface area contributed by atoms with E-state index in [0.717, 1.165) is 5.56 Å². The van der Waals surface area contributed by atoms with Gasteiger partial charge in [0.15, 0.2) is 5.76 Å². The summed E-state index contributed by atoms with van der Waals surface area (Å²) in [6.07, 6.45) is -0.185. The summed E-state index contributed by atoms with van der Waals surface area (Å²) in [5.41, 5.74) is -0.208. The van der Waals surface area contributed by atoms with Crippen molar-refractivity contribution >= 4 is 21.8 Å². The van der Waals surface area contributed by atoms with Gasteiger partial charge in [-0.25, -0.2) is 8.42 Å². The van der Waals surface area contributed by atoms with Gasteiger partial charge in [-0.2, -0.15) is 4.31 Å². The van der Waals surface area contributed by atoms with E-state index in [1.54, 1.807) is 72.8 Å². The van der Waals surface area contributed by atoms with Crippen LogP contribution in [0.3, 0.4) is 0 Å². The Kier molecular flexibility index (Phi) is 6.41. The molecule has 2 heterocycles. The fourth-order valence-corrected chi connectivity index (χ4v) is 5.68. The second kappa shape index (κ2) is 9.68. The standard InChI is InChI=1S/C28H24N2O6S/c1-20-14-16-23(17-15-20)37(33,34)30-26(24-13-8-18-35-24)36-28(27(30)32,19-21-9-4-2-5-10-21)29-25(31)22-11-6-3-7-12-22/h2-18,26H,19H2,1H3,(H,29,31).